The summed E-state index contributed by atoms with van der Waals surface area (Å²) in [7, 11) is 0. The summed E-state index contributed by atoms with van der Waals surface area (Å²) in [5.41, 5.74) is 0. The number of nitrogens with one attached hydrogen (secondary N) is 1. The van der Waals surface area contributed by atoms with Gasteiger partial charge in [0.1, 0.15) is 0 Å². The molecular weight excluding hydrogens is 162 g/mol. The molecular formula is C7H9NO2S. The number of hydrogen-bond acceptors (Lipinski definition) is 3. The molecule has 0 saturated carbocycles. The van der Waals surface area contributed by atoms with E-state index in [2.05, 4.69) is 17.5 Å². The van der Waals surface area contributed by atoms with Crippen LogP contribution < -0.4 is 5.32 Å². The molecule has 0 aromatic rings. The monoisotopic (exact) mass is 171 g/mol. The van der Waals surface area contributed by atoms with Crippen molar-refractivity contribution in [2.45, 2.75) is 19.4 Å². The Labute approximate surface area is 70.4 Å². The Morgan fingerprint density at radius 1 is 1.82 bits per heavy atom. The molecule has 1 rings (SSSR count). The zero-order valence-corrected chi connectivity index (χ0v) is 6.98. The van der Waals surface area contributed by atoms with Crippen LogP contribution in [0.2, 0.25) is 0 Å². The first kappa shape index (κ1) is 8.20. The van der Waals surface area contributed by atoms with Gasteiger partial charge in [-0.1, -0.05) is 13.0 Å². The van der Waals surface area contributed by atoms with Gasteiger partial charge in [-0.25, -0.2) is 0 Å². The average molecular weight is 171 g/mol. The molecule has 0 aromatic carbocycles. The minimum Gasteiger partial charge on any atom is -0.453 e. The lowest BCUT2D eigenvalue weighted by Gasteiger charge is -1.97. The zero-order valence-electron chi connectivity index (χ0n) is 6.16. The van der Waals surface area contributed by atoms with Gasteiger partial charge in [0.25, 0.3) is 11.1 Å². The van der Waals surface area contributed by atoms with Crippen molar-refractivity contribution < 1.29 is 9.53 Å². The fourth-order valence-corrected chi connectivity index (χ4v) is 0.961. The number of ether oxygens (including phenoxy) is 1. The third-order valence-corrected chi connectivity index (χ3v) is 1.46. The summed E-state index contributed by atoms with van der Waals surface area (Å²) >= 11 is 4.64. The molecule has 0 aromatic heterocycles. The smallest absolute Gasteiger partial charge is 0.272 e. The van der Waals surface area contributed by atoms with Crippen molar-refractivity contribution in [2.24, 2.45) is 0 Å². The van der Waals surface area contributed by atoms with E-state index >= 15 is 0 Å². The summed E-state index contributed by atoms with van der Waals surface area (Å²) in [6, 6.07) is 0. The number of carbonyl (C=O) groups excluding carboxylic acids is 1. The molecule has 0 spiro atoms. The van der Waals surface area contributed by atoms with Crippen LogP contribution in [0, 0.1) is 0 Å². The van der Waals surface area contributed by atoms with Crippen molar-refractivity contribution >= 4 is 23.3 Å². The van der Waals surface area contributed by atoms with Crippen LogP contribution >= 0.6 is 12.2 Å². The normalized spacial score (nSPS) is 23.9. The van der Waals surface area contributed by atoms with E-state index in [0.717, 1.165) is 6.42 Å². The number of carbonyl (C=O) groups is 1. The van der Waals surface area contributed by atoms with Gasteiger partial charge in [-0.3, -0.25) is 10.1 Å². The minimum atomic E-state index is -0.512. The Morgan fingerprint density at radius 3 is 3.00 bits per heavy atom. The van der Waals surface area contributed by atoms with Gasteiger partial charge >= 0.3 is 0 Å². The van der Waals surface area contributed by atoms with E-state index in [4.69, 9.17) is 4.74 Å². The third kappa shape index (κ3) is 2.01. The van der Waals surface area contributed by atoms with Crippen molar-refractivity contribution in [3.8, 4) is 0 Å². The van der Waals surface area contributed by atoms with E-state index in [0.29, 0.717) is 0 Å². The highest BCUT2D eigenvalue weighted by atomic mass is 32.1. The molecule has 4 heteroatoms. The third-order valence-electron chi connectivity index (χ3n) is 1.26. The van der Waals surface area contributed by atoms with Crippen LogP contribution in [0.1, 0.15) is 13.3 Å². The Kier molecular flexibility index (Phi) is 2.59. The van der Waals surface area contributed by atoms with Crippen molar-refractivity contribution in [3.63, 3.8) is 0 Å². The SMILES string of the molecule is CC/C=C/C1OC(=S)NC1=O. The largest absolute Gasteiger partial charge is 0.453 e. The first-order chi connectivity index (χ1) is 5.24. The second-order valence-corrected chi connectivity index (χ2v) is 2.52. The summed E-state index contributed by atoms with van der Waals surface area (Å²) in [5.74, 6) is -0.181. The lowest BCUT2D eigenvalue weighted by atomic mass is 10.3. The number of rotatable bonds is 2. The number of amides is 1. The molecule has 1 saturated heterocycles. The minimum absolute atomic E-state index is 0.167. The Bertz CT molecular complexity index is 212. The molecule has 0 radical (unpaired) electrons. The Morgan fingerprint density at radius 2 is 2.55 bits per heavy atom. The van der Waals surface area contributed by atoms with E-state index in [1.54, 1.807) is 6.08 Å². The molecule has 1 unspecified atom stereocenters. The second-order valence-electron chi connectivity index (χ2n) is 2.15. The van der Waals surface area contributed by atoms with E-state index < -0.39 is 6.10 Å². The van der Waals surface area contributed by atoms with Crippen LogP contribution in [-0.2, 0) is 9.53 Å². The topological polar surface area (TPSA) is 38.3 Å². The molecule has 11 heavy (non-hydrogen) atoms. The van der Waals surface area contributed by atoms with Gasteiger partial charge in [0.2, 0.25) is 0 Å². The number of thiocarbonyl (C=S) groups is 1. The first-order valence-electron chi connectivity index (χ1n) is 3.42. The van der Waals surface area contributed by atoms with Crippen LogP contribution in [0.4, 0.5) is 0 Å². The number of allylic oxidation sites excluding steroid dienone is 1. The van der Waals surface area contributed by atoms with Gasteiger partial charge in [0.15, 0.2) is 6.10 Å². The second kappa shape index (κ2) is 3.48. The highest BCUT2D eigenvalue weighted by Crippen LogP contribution is 2.03. The lowest BCUT2D eigenvalue weighted by Crippen LogP contribution is -2.22. The molecule has 60 valence electrons. The standard InChI is InChI=1S/C7H9NO2S/c1-2-3-4-5-6(9)8-7(11)10-5/h3-5H,2H2,1H3,(H,8,9,11)/b4-3+. The number of hydrogen-bond donors (Lipinski definition) is 1. The van der Waals surface area contributed by atoms with Gasteiger partial charge in [0.05, 0.1) is 0 Å². The van der Waals surface area contributed by atoms with Crippen LogP contribution in [0.5, 0.6) is 0 Å². The van der Waals surface area contributed by atoms with Crippen molar-refractivity contribution in [1.29, 1.82) is 0 Å². The van der Waals surface area contributed by atoms with E-state index in [-0.39, 0.29) is 11.1 Å². The van der Waals surface area contributed by atoms with Crippen LogP contribution in [0.3, 0.4) is 0 Å². The fraction of sp³-hybridized carbons (Fsp3) is 0.429. The molecule has 1 aliphatic heterocycles. The predicted octanol–water partition coefficient (Wildman–Crippen LogP) is 0.752. The Balaban J connectivity index is 2.53. The Hall–Kier alpha value is -0.900. The maximum Gasteiger partial charge on any atom is 0.272 e. The fourth-order valence-electron chi connectivity index (χ4n) is 0.756. The summed E-state index contributed by atoms with van der Waals surface area (Å²) < 4.78 is 4.96. The van der Waals surface area contributed by atoms with Gasteiger partial charge in [0, 0.05) is 0 Å². The van der Waals surface area contributed by atoms with Gasteiger partial charge < -0.3 is 4.74 Å². The molecule has 1 fully saturated rings. The van der Waals surface area contributed by atoms with Crippen LogP contribution in [0.25, 0.3) is 0 Å². The summed E-state index contributed by atoms with van der Waals surface area (Å²) in [5, 5.41) is 2.56. The average Bonchev–Trinajstić information content (AvgIpc) is 2.26. The van der Waals surface area contributed by atoms with E-state index in [1.807, 2.05) is 13.0 Å². The van der Waals surface area contributed by atoms with Crippen molar-refractivity contribution in [2.75, 3.05) is 0 Å². The maximum absolute atomic E-state index is 10.9. The molecule has 1 amide bonds. The van der Waals surface area contributed by atoms with E-state index in [1.165, 1.54) is 0 Å². The van der Waals surface area contributed by atoms with Crippen LogP contribution in [-0.4, -0.2) is 17.2 Å². The molecule has 1 aliphatic rings. The highest BCUT2D eigenvalue weighted by Gasteiger charge is 2.26. The van der Waals surface area contributed by atoms with Crippen molar-refractivity contribution in [1.82, 2.24) is 5.32 Å². The first-order valence-corrected chi connectivity index (χ1v) is 3.83. The molecule has 0 bridgehead atoms. The zero-order chi connectivity index (χ0) is 8.27. The quantitative estimate of drug-likeness (QED) is 0.492. The van der Waals surface area contributed by atoms with Crippen LogP contribution in [0.15, 0.2) is 12.2 Å². The summed E-state index contributed by atoms with van der Waals surface area (Å²) in [6.07, 6.45) is 3.95. The van der Waals surface area contributed by atoms with Gasteiger partial charge in [-0.2, -0.15) is 0 Å². The van der Waals surface area contributed by atoms with Crippen molar-refractivity contribution in [3.05, 3.63) is 12.2 Å². The summed E-state index contributed by atoms with van der Waals surface area (Å²) in [4.78, 5) is 10.9. The maximum atomic E-state index is 10.9. The lowest BCUT2D eigenvalue weighted by molar-refractivity contribution is -0.121. The molecule has 1 atom stereocenters. The molecule has 0 aliphatic carbocycles. The molecule has 1 N–H and O–H groups in total. The summed E-state index contributed by atoms with van der Waals surface area (Å²) in [6.45, 7) is 1.99. The highest BCUT2D eigenvalue weighted by molar-refractivity contribution is 7.80. The van der Waals surface area contributed by atoms with Gasteiger partial charge in [-0.15, -0.1) is 0 Å². The molecule has 3 nitrogen and oxygen atoms in total. The predicted molar refractivity (Wildman–Crippen MR) is 45.0 cm³/mol. The van der Waals surface area contributed by atoms with E-state index in [9.17, 15) is 4.79 Å². The van der Waals surface area contributed by atoms with Gasteiger partial charge in [-0.05, 0) is 24.7 Å². The molecule has 1 heterocycles.